The minimum absolute atomic E-state index is 0.0678. The van der Waals surface area contributed by atoms with Crippen LogP contribution < -0.4 is 0 Å². The van der Waals surface area contributed by atoms with Gasteiger partial charge in [-0.25, -0.2) is 0 Å². The van der Waals surface area contributed by atoms with Crippen molar-refractivity contribution in [3.63, 3.8) is 0 Å². The van der Waals surface area contributed by atoms with E-state index in [9.17, 15) is 0 Å². The number of halogens is 1. The van der Waals surface area contributed by atoms with Gasteiger partial charge in [0.1, 0.15) is 0 Å². The highest BCUT2D eigenvalue weighted by molar-refractivity contribution is 6.73. The number of hydrogen-bond donors (Lipinski definition) is 0. The van der Waals surface area contributed by atoms with Gasteiger partial charge in [0.25, 0.3) is 0 Å². The van der Waals surface area contributed by atoms with Crippen LogP contribution in [-0.2, 0) is 4.43 Å². The fraction of sp³-hybridized carbons (Fsp3) is 0.773. The van der Waals surface area contributed by atoms with Crippen LogP contribution in [0.15, 0.2) is 12.4 Å². The molecule has 0 bridgehead atoms. The first-order valence-corrected chi connectivity index (χ1v) is 13.6. The lowest BCUT2D eigenvalue weighted by Gasteiger charge is -2.35. The van der Waals surface area contributed by atoms with Gasteiger partial charge in [0.2, 0.25) is 0 Å². The third kappa shape index (κ3) is 4.01. The van der Waals surface area contributed by atoms with E-state index in [2.05, 4.69) is 58.4 Å². The van der Waals surface area contributed by atoms with E-state index in [0.717, 1.165) is 58.8 Å². The maximum Gasteiger partial charge on any atom is 0.192 e. The topological polar surface area (TPSA) is 25.1 Å². The van der Waals surface area contributed by atoms with E-state index >= 15 is 0 Å². The van der Waals surface area contributed by atoms with Crippen LogP contribution in [0.3, 0.4) is 0 Å². The molecule has 0 radical (unpaired) electrons. The molecule has 152 valence electrons. The molecule has 1 aliphatic heterocycles. The summed E-state index contributed by atoms with van der Waals surface area (Å²) < 4.78 is 7.01. The van der Waals surface area contributed by atoms with Crippen molar-refractivity contribution in [2.24, 2.45) is 11.3 Å². The molecule has 3 unspecified atom stereocenters. The molecule has 27 heavy (non-hydrogen) atoms. The van der Waals surface area contributed by atoms with Crippen LogP contribution in [-0.4, -0.2) is 36.8 Å². The maximum absolute atomic E-state index is 7.01. The largest absolute Gasteiger partial charge is 0.409 e. The van der Waals surface area contributed by atoms with Crippen molar-refractivity contribution in [1.29, 1.82) is 0 Å². The monoisotopic (exact) mass is 408 g/mol. The summed E-state index contributed by atoms with van der Waals surface area (Å²) in [5.74, 6) is 0.808. The number of fused-ring (bicyclic) bond motifs is 1. The summed E-state index contributed by atoms with van der Waals surface area (Å²) >= 11 is 6.63. The number of nitrogens with zero attached hydrogens (tertiary/aromatic N) is 2. The summed E-state index contributed by atoms with van der Waals surface area (Å²) in [7, 11) is -1.73. The van der Waals surface area contributed by atoms with E-state index in [1.807, 2.05) is 6.20 Å². The molecule has 2 aliphatic rings. The minimum atomic E-state index is -1.73. The van der Waals surface area contributed by atoms with Gasteiger partial charge in [-0.1, -0.05) is 53.1 Å². The summed E-state index contributed by atoms with van der Waals surface area (Å²) in [5, 5.41) is 0.757. The van der Waals surface area contributed by atoms with Crippen LogP contribution in [0.4, 0.5) is 0 Å². The Kier molecular flexibility index (Phi) is 6.13. The summed E-state index contributed by atoms with van der Waals surface area (Å²) in [6.45, 7) is 17.1. The fourth-order valence-electron chi connectivity index (χ4n) is 5.09. The molecular formula is C22H37ClN2OSi. The first-order valence-electron chi connectivity index (χ1n) is 10.7. The predicted molar refractivity (Wildman–Crippen MR) is 117 cm³/mol. The summed E-state index contributed by atoms with van der Waals surface area (Å²) in [6.07, 6.45) is 5.11. The molecule has 0 spiro atoms. The van der Waals surface area contributed by atoms with Crippen LogP contribution in [0.2, 0.25) is 23.2 Å². The Morgan fingerprint density at radius 3 is 2.33 bits per heavy atom. The molecule has 2 heterocycles. The number of aryl methyl sites for hydroxylation is 1. The van der Waals surface area contributed by atoms with Gasteiger partial charge in [-0.05, 0) is 48.4 Å². The second kappa shape index (κ2) is 7.77. The number of aromatic nitrogens is 1. The van der Waals surface area contributed by atoms with Crippen molar-refractivity contribution >= 4 is 19.9 Å². The van der Waals surface area contributed by atoms with Crippen molar-refractivity contribution < 1.29 is 4.43 Å². The Morgan fingerprint density at radius 1 is 1.22 bits per heavy atom. The van der Waals surface area contributed by atoms with Crippen molar-refractivity contribution in [2.75, 3.05) is 6.54 Å². The third-order valence-corrected chi connectivity index (χ3v) is 12.2. The zero-order chi connectivity index (χ0) is 20.0. The van der Waals surface area contributed by atoms with E-state index < -0.39 is 8.32 Å². The zero-order valence-corrected chi connectivity index (χ0v) is 19.9. The van der Waals surface area contributed by atoms with Crippen molar-refractivity contribution in [1.82, 2.24) is 9.88 Å². The van der Waals surface area contributed by atoms with Crippen molar-refractivity contribution in [3.8, 4) is 0 Å². The Bertz CT molecular complexity index is 642. The smallest absolute Gasteiger partial charge is 0.192 e. The third-order valence-electron chi connectivity index (χ3n) is 7.30. The Hall–Kier alpha value is -0.423. The molecule has 3 rings (SSSR count). The van der Waals surface area contributed by atoms with Gasteiger partial charge in [0.15, 0.2) is 8.32 Å². The average Bonchev–Trinajstić information content (AvgIpc) is 3.11. The number of hydrogen-bond acceptors (Lipinski definition) is 3. The van der Waals surface area contributed by atoms with Gasteiger partial charge in [0, 0.05) is 36.6 Å². The SMILES string of the molecule is CC[Si](CC)(CC)OC(CN1C2[C@H]1C[C@H]2C(C)(C)C)c1c(C)cncc1Cl. The average molecular weight is 409 g/mol. The zero-order valence-electron chi connectivity index (χ0n) is 18.2. The van der Waals surface area contributed by atoms with E-state index in [4.69, 9.17) is 16.0 Å². The van der Waals surface area contributed by atoms with Crippen LogP contribution >= 0.6 is 11.6 Å². The Balaban J connectivity index is 1.84. The Morgan fingerprint density at radius 2 is 1.85 bits per heavy atom. The number of likely N-dealkylation sites (tertiary alicyclic amines) is 1. The number of rotatable bonds is 8. The molecule has 2 fully saturated rings. The highest BCUT2D eigenvalue weighted by Gasteiger charge is 2.64. The quantitative estimate of drug-likeness (QED) is 0.376. The second-order valence-corrected chi connectivity index (χ2v) is 14.8. The molecule has 1 aliphatic carbocycles. The lowest BCUT2D eigenvalue weighted by Crippen LogP contribution is -2.39. The van der Waals surface area contributed by atoms with Gasteiger partial charge in [-0.2, -0.15) is 0 Å². The summed E-state index contributed by atoms with van der Waals surface area (Å²) in [5.41, 5.74) is 2.71. The van der Waals surface area contributed by atoms with Gasteiger partial charge >= 0.3 is 0 Å². The van der Waals surface area contributed by atoms with Crippen molar-refractivity contribution in [3.05, 3.63) is 28.5 Å². The molecule has 0 aromatic carbocycles. The molecule has 0 N–H and O–H groups in total. The fourth-order valence-corrected chi connectivity index (χ4v) is 8.21. The normalized spacial score (nSPS) is 28.4. The van der Waals surface area contributed by atoms with E-state index in [1.165, 1.54) is 6.42 Å². The predicted octanol–water partition coefficient (Wildman–Crippen LogP) is 6.23. The van der Waals surface area contributed by atoms with Gasteiger partial charge in [-0.3, -0.25) is 9.88 Å². The molecule has 1 saturated carbocycles. The lowest BCUT2D eigenvalue weighted by molar-refractivity contribution is 0.154. The molecule has 3 nitrogen and oxygen atoms in total. The standard InChI is InChI=1S/C22H37ClN2OSi/c1-8-27(9-2,10-3)26-19(20-15(4)12-24-13-17(20)23)14-25-18-11-16(21(18)25)22(5,6)7/h12-13,16,18-19,21H,8-11,14H2,1-7H3/t16-,18-,19?,21?,25?/m1/s1. The first kappa shape index (κ1) is 21.3. The molecule has 5 heteroatoms. The van der Waals surface area contributed by atoms with E-state index in [1.54, 1.807) is 6.20 Å². The molecule has 1 saturated heterocycles. The second-order valence-electron chi connectivity index (χ2n) is 9.67. The van der Waals surface area contributed by atoms with Crippen molar-refractivity contribution in [2.45, 2.75) is 91.2 Å². The lowest BCUT2D eigenvalue weighted by atomic mass is 9.68. The number of pyridine rings is 1. The molecular weight excluding hydrogens is 372 g/mol. The summed E-state index contributed by atoms with van der Waals surface area (Å²) in [6, 6.07) is 5.00. The highest BCUT2D eigenvalue weighted by atomic mass is 35.5. The first-order chi connectivity index (χ1) is 12.7. The molecule has 1 aromatic heterocycles. The van der Waals surface area contributed by atoms with Gasteiger partial charge in [0.05, 0.1) is 11.1 Å². The molecule has 1 aromatic rings. The van der Waals surface area contributed by atoms with Crippen LogP contribution in [0.5, 0.6) is 0 Å². The van der Waals surface area contributed by atoms with Crippen LogP contribution in [0.25, 0.3) is 0 Å². The molecule has 5 atom stereocenters. The maximum atomic E-state index is 7.01. The van der Waals surface area contributed by atoms with Crippen LogP contribution in [0.1, 0.15) is 65.2 Å². The van der Waals surface area contributed by atoms with Gasteiger partial charge in [-0.15, -0.1) is 0 Å². The Labute approximate surface area is 172 Å². The molecule has 0 amide bonds. The summed E-state index contributed by atoms with van der Waals surface area (Å²) in [4.78, 5) is 6.95. The van der Waals surface area contributed by atoms with Crippen LogP contribution in [0, 0.1) is 18.3 Å². The highest BCUT2D eigenvalue weighted by Crippen LogP contribution is 2.57. The van der Waals surface area contributed by atoms with E-state index in [0.29, 0.717) is 5.41 Å². The van der Waals surface area contributed by atoms with Gasteiger partial charge < -0.3 is 4.43 Å². The minimum Gasteiger partial charge on any atom is -0.409 e. The van der Waals surface area contributed by atoms with E-state index in [-0.39, 0.29) is 6.10 Å².